The quantitative estimate of drug-likeness (QED) is 0.849. The lowest BCUT2D eigenvalue weighted by molar-refractivity contribution is -0.139. The first-order valence-corrected chi connectivity index (χ1v) is 7.39. The molecule has 0 aliphatic heterocycles. The maximum Gasteiger partial charge on any atom is 0.325 e. The van der Waals surface area contributed by atoms with Crippen molar-refractivity contribution in [3.05, 3.63) is 30.0 Å². The van der Waals surface area contributed by atoms with Crippen molar-refractivity contribution in [1.29, 1.82) is 0 Å². The molecule has 2 N–H and O–H groups in total. The molecule has 0 atom stereocenters. The summed E-state index contributed by atoms with van der Waals surface area (Å²) in [6.45, 7) is 6.34. The summed E-state index contributed by atoms with van der Waals surface area (Å²) in [5, 5.41) is 3.28. The average molecular weight is 320 g/mol. The van der Waals surface area contributed by atoms with E-state index in [0.29, 0.717) is 11.4 Å². The molecule has 2 aromatic rings. The minimum absolute atomic E-state index is 0.165. The number of amides is 1. The van der Waals surface area contributed by atoms with Crippen LogP contribution in [0.3, 0.4) is 0 Å². The van der Waals surface area contributed by atoms with Crippen molar-refractivity contribution in [3.63, 3.8) is 0 Å². The summed E-state index contributed by atoms with van der Waals surface area (Å²) < 4.78 is 9.66. The molecule has 1 heterocycles. The largest absolute Gasteiger partial charge is 0.496 e. The summed E-state index contributed by atoms with van der Waals surface area (Å²) in [4.78, 5) is 25.8. The predicted octanol–water partition coefficient (Wildman–Crippen LogP) is 2.74. The highest BCUT2D eigenvalue weighted by atomic mass is 16.5. The van der Waals surface area contributed by atoms with Crippen LogP contribution in [0.1, 0.15) is 31.3 Å². The van der Waals surface area contributed by atoms with E-state index in [0.717, 1.165) is 16.8 Å². The molecule has 6 nitrogen and oxygen atoms in total. The number of methoxy groups -OCH3 is 2. The zero-order valence-corrected chi connectivity index (χ0v) is 14.2. The van der Waals surface area contributed by atoms with Crippen LogP contribution in [0, 0.1) is 5.92 Å². The van der Waals surface area contributed by atoms with E-state index in [-0.39, 0.29) is 12.5 Å². The van der Waals surface area contributed by atoms with Gasteiger partial charge in [-0.15, -0.1) is 0 Å². The van der Waals surface area contributed by atoms with Gasteiger partial charge in [-0.2, -0.15) is 0 Å². The van der Waals surface area contributed by atoms with Crippen LogP contribution in [0.4, 0.5) is 0 Å². The van der Waals surface area contributed by atoms with Crippen molar-refractivity contribution in [2.75, 3.05) is 20.8 Å². The van der Waals surface area contributed by atoms with Crippen LogP contribution in [-0.4, -0.2) is 37.6 Å². The van der Waals surface area contributed by atoms with Gasteiger partial charge in [0.2, 0.25) is 0 Å². The van der Waals surface area contributed by atoms with Crippen LogP contribution >= 0.6 is 0 Å². The number of benzene rings is 1. The molecule has 1 aromatic heterocycles. The number of hydrogen-bond acceptors (Lipinski definition) is 4. The Kier molecular flexibility index (Phi) is 7.12. The second kappa shape index (κ2) is 8.82. The monoisotopic (exact) mass is 320 g/mol. The zero-order chi connectivity index (χ0) is 17.4. The Bertz CT molecular complexity index is 659. The van der Waals surface area contributed by atoms with Gasteiger partial charge in [0.15, 0.2) is 0 Å². The van der Waals surface area contributed by atoms with E-state index in [2.05, 4.69) is 35.8 Å². The van der Waals surface area contributed by atoms with Gasteiger partial charge in [0.1, 0.15) is 18.0 Å². The molecule has 0 fully saturated rings. The van der Waals surface area contributed by atoms with Crippen molar-refractivity contribution in [2.45, 2.75) is 20.8 Å². The second-order valence-electron chi connectivity index (χ2n) is 5.60. The van der Waals surface area contributed by atoms with Gasteiger partial charge in [0, 0.05) is 10.9 Å². The Balaban J connectivity index is 0.000000593. The van der Waals surface area contributed by atoms with Gasteiger partial charge in [-0.1, -0.05) is 26.8 Å². The summed E-state index contributed by atoms with van der Waals surface area (Å²) in [6.07, 6.45) is 0. The Labute approximate surface area is 136 Å². The molecule has 23 heavy (non-hydrogen) atoms. The third-order valence-electron chi connectivity index (χ3n) is 2.71. The van der Waals surface area contributed by atoms with Gasteiger partial charge in [0.05, 0.1) is 14.2 Å². The van der Waals surface area contributed by atoms with E-state index < -0.39 is 5.97 Å². The number of H-pyrrole nitrogens is 1. The fraction of sp³-hybridized carbons (Fsp3) is 0.412. The van der Waals surface area contributed by atoms with E-state index in [4.69, 9.17) is 4.74 Å². The molecule has 0 bridgehead atoms. The van der Waals surface area contributed by atoms with Crippen molar-refractivity contribution in [1.82, 2.24) is 10.3 Å². The summed E-state index contributed by atoms with van der Waals surface area (Å²) in [6, 6.07) is 7.16. The standard InChI is InChI=1S/C13H14N2O4.C4H10/c1-18-11-5-3-4-9-8(11)6-10(15-9)13(17)14-7-12(16)19-2;1-4(2)3/h3-6,15H,7H2,1-2H3,(H,14,17);4H,1-3H3. The summed E-state index contributed by atoms with van der Waals surface area (Å²) >= 11 is 0. The molecule has 0 saturated carbocycles. The van der Waals surface area contributed by atoms with Crippen LogP contribution in [0.2, 0.25) is 0 Å². The number of esters is 1. The number of ether oxygens (including phenoxy) is 2. The summed E-state index contributed by atoms with van der Waals surface area (Å²) in [5.74, 6) is 0.645. The van der Waals surface area contributed by atoms with Crippen LogP contribution in [0.25, 0.3) is 10.9 Å². The van der Waals surface area contributed by atoms with Gasteiger partial charge in [-0.05, 0) is 24.1 Å². The second-order valence-corrected chi connectivity index (χ2v) is 5.60. The first-order chi connectivity index (χ1) is 10.9. The van der Waals surface area contributed by atoms with Crippen LogP contribution in [0.15, 0.2) is 24.3 Å². The number of carbonyl (C=O) groups excluding carboxylic acids is 2. The fourth-order valence-corrected chi connectivity index (χ4v) is 1.75. The Hall–Kier alpha value is -2.50. The van der Waals surface area contributed by atoms with Gasteiger partial charge in [-0.25, -0.2) is 0 Å². The molecule has 0 unspecified atom stereocenters. The minimum atomic E-state index is -0.498. The van der Waals surface area contributed by atoms with Crippen LogP contribution in [-0.2, 0) is 9.53 Å². The average Bonchev–Trinajstić information content (AvgIpc) is 2.95. The Morgan fingerprint density at radius 2 is 1.87 bits per heavy atom. The predicted molar refractivity (Wildman–Crippen MR) is 89.7 cm³/mol. The van der Waals surface area contributed by atoms with Crippen molar-refractivity contribution in [2.24, 2.45) is 5.92 Å². The van der Waals surface area contributed by atoms with E-state index in [1.165, 1.54) is 7.11 Å². The molecule has 0 aliphatic rings. The number of carbonyl (C=O) groups is 2. The van der Waals surface area contributed by atoms with Gasteiger partial charge < -0.3 is 19.8 Å². The third-order valence-corrected chi connectivity index (χ3v) is 2.71. The van der Waals surface area contributed by atoms with Gasteiger partial charge in [-0.3, -0.25) is 9.59 Å². The van der Waals surface area contributed by atoms with Gasteiger partial charge >= 0.3 is 5.97 Å². The molecule has 1 amide bonds. The first kappa shape index (κ1) is 18.5. The topological polar surface area (TPSA) is 80.4 Å². The number of rotatable bonds is 4. The third kappa shape index (κ3) is 5.65. The molecule has 126 valence electrons. The maximum absolute atomic E-state index is 11.8. The molecular formula is C17H24N2O4. The van der Waals surface area contributed by atoms with Gasteiger partial charge in [0.25, 0.3) is 5.91 Å². The Morgan fingerprint density at radius 3 is 2.43 bits per heavy atom. The molecular weight excluding hydrogens is 296 g/mol. The lowest BCUT2D eigenvalue weighted by Gasteiger charge is -2.01. The van der Waals surface area contributed by atoms with Crippen molar-refractivity contribution in [3.8, 4) is 5.75 Å². The number of aromatic amines is 1. The number of aromatic nitrogens is 1. The molecule has 0 aliphatic carbocycles. The smallest absolute Gasteiger partial charge is 0.325 e. The van der Waals surface area contributed by atoms with Crippen LogP contribution in [0.5, 0.6) is 5.75 Å². The highest BCUT2D eigenvalue weighted by molar-refractivity contribution is 6.00. The maximum atomic E-state index is 11.8. The van der Waals surface area contributed by atoms with Crippen LogP contribution < -0.4 is 10.1 Å². The van der Waals surface area contributed by atoms with E-state index >= 15 is 0 Å². The summed E-state index contributed by atoms with van der Waals surface area (Å²) in [5.41, 5.74) is 1.16. The highest BCUT2D eigenvalue weighted by Crippen LogP contribution is 2.25. The highest BCUT2D eigenvalue weighted by Gasteiger charge is 2.12. The molecule has 6 heteroatoms. The van der Waals surface area contributed by atoms with E-state index in [9.17, 15) is 9.59 Å². The number of nitrogens with one attached hydrogen (secondary N) is 2. The van der Waals surface area contributed by atoms with E-state index in [1.807, 2.05) is 18.2 Å². The van der Waals surface area contributed by atoms with E-state index in [1.54, 1.807) is 13.2 Å². The first-order valence-electron chi connectivity index (χ1n) is 7.39. The number of fused-ring (bicyclic) bond motifs is 1. The fourth-order valence-electron chi connectivity index (χ4n) is 1.75. The molecule has 0 radical (unpaired) electrons. The minimum Gasteiger partial charge on any atom is -0.496 e. The number of hydrogen-bond donors (Lipinski definition) is 2. The normalized spacial score (nSPS) is 10.0. The Morgan fingerprint density at radius 1 is 1.22 bits per heavy atom. The molecule has 1 aromatic carbocycles. The molecule has 2 rings (SSSR count). The SMILES string of the molecule is CC(C)C.COC(=O)CNC(=O)c1cc2c(OC)cccc2[nH]1. The van der Waals surface area contributed by atoms with Crippen molar-refractivity contribution < 1.29 is 19.1 Å². The lowest BCUT2D eigenvalue weighted by atomic mass is 10.2. The zero-order valence-electron chi connectivity index (χ0n) is 14.2. The van der Waals surface area contributed by atoms with Crippen molar-refractivity contribution >= 4 is 22.8 Å². The molecule has 0 saturated heterocycles. The molecule has 0 spiro atoms. The lowest BCUT2D eigenvalue weighted by Crippen LogP contribution is -2.30. The summed E-state index contributed by atoms with van der Waals surface area (Å²) in [7, 11) is 2.83.